The molecule has 0 saturated carbocycles. The molecule has 0 aromatic rings. The molecule has 0 spiro atoms. The number of methoxy groups -OCH3 is 1. The van der Waals surface area contributed by atoms with Gasteiger partial charge in [0.15, 0.2) is 5.78 Å². The molecule has 0 aromatic carbocycles. The van der Waals surface area contributed by atoms with Gasteiger partial charge in [-0.05, 0) is 6.92 Å². The summed E-state index contributed by atoms with van der Waals surface area (Å²) < 4.78 is 15.2. The molecule has 0 N–H and O–H groups in total. The Morgan fingerprint density at radius 2 is 1.94 bits per heavy atom. The van der Waals surface area contributed by atoms with E-state index >= 15 is 0 Å². The third kappa shape index (κ3) is 3.02. The molecule has 0 aliphatic carbocycles. The maximum absolute atomic E-state index is 12.0. The van der Waals surface area contributed by atoms with Crippen molar-refractivity contribution in [3.8, 4) is 0 Å². The molecule has 0 radical (unpaired) electrons. The van der Waals surface area contributed by atoms with Gasteiger partial charge in [0.05, 0.1) is 6.61 Å². The highest BCUT2D eigenvalue weighted by atomic mass is 16.5. The Morgan fingerprint density at radius 3 is 2.44 bits per heavy atom. The van der Waals surface area contributed by atoms with Gasteiger partial charge in [-0.3, -0.25) is 9.59 Å². The van der Waals surface area contributed by atoms with Gasteiger partial charge >= 0.3 is 5.97 Å². The molecule has 1 aliphatic rings. The number of carbonyl (C=O) groups excluding carboxylic acids is 2. The molecule has 92 valence electrons. The van der Waals surface area contributed by atoms with Crippen molar-refractivity contribution in [3.63, 3.8) is 0 Å². The zero-order valence-corrected chi connectivity index (χ0v) is 9.78. The first-order valence-corrected chi connectivity index (χ1v) is 5.46. The van der Waals surface area contributed by atoms with E-state index in [9.17, 15) is 9.59 Å². The van der Waals surface area contributed by atoms with Crippen LogP contribution in [0.1, 0.15) is 26.2 Å². The SMILES string of the molecule is CCOC(=O)CC(=O)C1(OC)CCOCC1. The lowest BCUT2D eigenvalue weighted by Gasteiger charge is -2.34. The van der Waals surface area contributed by atoms with Gasteiger partial charge in [0, 0.05) is 33.2 Å². The molecule has 0 unspecified atom stereocenters. The van der Waals surface area contributed by atoms with E-state index in [0.717, 1.165) is 0 Å². The monoisotopic (exact) mass is 230 g/mol. The van der Waals surface area contributed by atoms with Crippen LogP contribution >= 0.6 is 0 Å². The average molecular weight is 230 g/mol. The van der Waals surface area contributed by atoms with Crippen molar-refractivity contribution in [2.75, 3.05) is 26.9 Å². The van der Waals surface area contributed by atoms with Crippen LogP contribution in [0.25, 0.3) is 0 Å². The van der Waals surface area contributed by atoms with Crippen molar-refractivity contribution in [3.05, 3.63) is 0 Å². The minimum Gasteiger partial charge on any atom is -0.466 e. The summed E-state index contributed by atoms with van der Waals surface area (Å²) in [5, 5.41) is 0. The largest absolute Gasteiger partial charge is 0.466 e. The molecular formula is C11H18O5. The molecule has 1 heterocycles. The lowest BCUT2D eigenvalue weighted by Crippen LogP contribution is -2.46. The molecule has 1 rings (SSSR count). The van der Waals surface area contributed by atoms with Crippen LogP contribution in [0, 0.1) is 0 Å². The van der Waals surface area contributed by atoms with E-state index in [2.05, 4.69) is 0 Å². The summed E-state index contributed by atoms with van der Waals surface area (Å²) in [5.41, 5.74) is -0.856. The third-order valence-electron chi connectivity index (χ3n) is 2.81. The van der Waals surface area contributed by atoms with Crippen LogP contribution in [0.15, 0.2) is 0 Å². The van der Waals surface area contributed by atoms with Crippen LogP contribution in [-0.4, -0.2) is 44.3 Å². The Hall–Kier alpha value is -0.940. The van der Waals surface area contributed by atoms with Gasteiger partial charge in [-0.2, -0.15) is 0 Å². The molecule has 1 aliphatic heterocycles. The number of Topliss-reactive ketones (excluding diaryl/α,β-unsaturated/α-hetero) is 1. The standard InChI is InChI=1S/C11H18O5/c1-3-16-10(13)8-9(12)11(14-2)4-6-15-7-5-11/h3-8H2,1-2H3. The van der Waals surface area contributed by atoms with Crippen molar-refractivity contribution >= 4 is 11.8 Å². The van der Waals surface area contributed by atoms with E-state index in [1.165, 1.54) is 7.11 Å². The Kier molecular flexibility index (Phi) is 4.89. The van der Waals surface area contributed by atoms with Gasteiger partial charge in [-0.25, -0.2) is 0 Å². The molecule has 1 saturated heterocycles. The van der Waals surface area contributed by atoms with Crippen molar-refractivity contribution in [2.24, 2.45) is 0 Å². The van der Waals surface area contributed by atoms with E-state index in [4.69, 9.17) is 14.2 Å². The van der Waals surface area contributed by atoms with Gasteiger partial charge in [0.25, 0.3) is 0 Å². The molecular weight excluding hydrogens is 212 g/mol. The molecule has 0 bridgehead atoms. The predicted octanol–water partition coefficient (Wildman–Crippen LogP) is 0.704. The Labute approximate surface area is 95.0 Å². The second-order valence-electron chi connectivity index (χ2n) is 3.72. The van der Waals surface area contributed by atoms with E-state index in [1.807, 2.05) is 0 Å². The van der Waals surface area contributed by atoms with Crippen LogP contribution in [0.5, 0.6) is 0 Å². The van der Waals surface area contributed by atoms with Crippen LogP contribution in [0.2, 0.25) is 0 Å². The molecule has 0 aromatic heterocycles. The highest BCUT2D eigenvalue weighted by molar-refractivity contribution is 6.00. The van der Waals surface area contributed by atoms with Gasteiger partial charge < -0.3 is 14.2 Å². The topological polar surface area (TPSA) is 61.8 Å². The number of ether oxygens (including phenoxy) is 3. The lowest BCUT2D eigenvalue weighted by molar-refractivity contribution is -0.159. The summed E-state index contributed by atoms with van der Waals surface area (Å²) in [4.78, 5) is 23.2. The number of esters is 1. The molecule has 5 nitrogen and oxygen atoms in total. The highest BCUT2D eigenvalue weighted by Crippen LogP contribution is 2.26. The number of hydrogen-bond acceptors (Lipinski definition) is 5. The fraction of sp³-hybridized carbons (Fsp3) is 0.818. The van der Waals surface area contributed by atoms with E-state index in [1.54, 1.807) is 6.92 Å². The van der Waals surface area contributed by atoms with E-state index in [0.29, 0.717) is 26.1 Å². The summed E-state index contributed by atoms with van der Waals surface area (Å²) in [7, 11) is 1.49. The molecule has 0 atom stereocenters. The van der Waals surface area contributed by atoms with Crippen LogP contribution in [-0.2, 0) is 23.8 Å². The number of rotatable bonds is 5. The lowest BCUT2D eigenvalue weighted by atomic mass is 9.88. The van der Waals surface area contributed by atoms with Crippen molar-refractivity contribution in [2.45, 2.75) is 31.8 Å². The first kappa shape index (κ1) is 13.1. The smallest absolute Gasteiger partial charge is 0.313 e. The minimum absolute atomic E-state index is 0.211. The number of carbonyl (C=O) groups is 2. The fourth-order valence-corrected chi connectivity index (χ4v) is 1.80. The van der Waals surface area contributed by atoms with Crippen LogP contribution < -0.4 is 0 Å². The predicted molar refractivity (Wildman–Crippen MR) is 56.1 cm³/mol. The summed E-state index contributed by atoms with van der Waals surface area (Å²) in [6.07, 6.45) is 0.783. The van der Waals surface area contributed by atoms with Gasteiger partial charge in [-0.15, -0.1) is 0 Å². The quantitative estimate of drug-likeness (QED) is 0.514. The van der Waals surface area contributed by atoms with Crippen LogP contribution in [0.3, 0.4) is 0 Å². The average Bonchev–Trinajstić information content (AvgIpc) is 2.30. The molecule has 1 fully saturated rings. The van der Waals surface area contributed by atoms with Crippen molar-refractivity contribution < 1.29 is 23.8 Å². The molecule has 16 heavy (non-hydrogen) atoms. The Bertz CT molecular complexity index is 255. The second-order valence-corrected chi connectivity index (χ2v) is 3.72. The van der Waals surface area contributed by atoms with E-state index in [-0.39, 0.29) is 18.8 Å². The first-order valence-electron chi connectivity index (χ1n) is 5.46. The summed E-state index contributed by atoms with van der Waals surface area (Å²) in [6, 6.07) is 0. The highest BCUT2D eigenvalue weighted by Gasteiger charge is 2.40. The number of hydrogen-bond donors (Lipinski definition) is 0. The fourth-order valence-electron chi connectivity index (χ4n) is 1.80. The minimum atomic E-state index is -0.856. The van der Waals surface area contributed by atoms with Gasteiger partial charge in [0.2, 0.25) is 0 Å². The maximum Gasteiger partial charge on any atom is 0.313 e. The molecule has 0 amide bonds. The summed E-state index contributed by atoms with van der Waals surface area (Å²) in [5.74, 6) is -0.702. The molecule has 5 heteroatoms. The maximum atomic E-state index is 12.0. The van der Waals surface area contributed by atoms with Gasteiger partial charge in [-0.1, -0.05) is 0 Å². The first-order chi connectivity index (χ1) is 7.64. The summed E-state index contributed by atoms with van der Waals surface area (Å²) in [6.45, 7) is 2.98. The third-order valence-corrected chi connectivity index (χ3v) is 2.81. The van der Waals surface area contributed by atoms with E-state index < -0.39 is 11.6 Å². The zero-order chi connectivity index (χ0) is 12.0. The van der Waals surface area contributed by atoms with Crippen molar-refractivity contribution in [1.82, 2.24) is 0 Å². The normalized spacial score (nSPS) is 19.1. The second kappa shape index (κ2) is 5.96. The zero-order valence-electron chi connectivity index (χ0n) is 9.78. The van der Waals surface area contributed by atoms with Crippen LogP contribution in [0.4, 0.5) is 0 Å². The Morgan fingerprint density at radius 1 is 1.31 bits per heavy atom. The van der Waals surface area contributed by atoms with Crippen molar-refractivity contribution in [1.29, 1.82) is 0 Å². The number of ketones is 1. The van der Waals surface area contributed by atoms with Gasteiger partial charge in [0.1, 0.15) is 12.0 Å². The Balaban J connectivity index is 2.58. The summed E-state index contributed by atoms with van der Waals surface area (Å²) >= 11 is 0.